The highest BCUT2D eigenvalue weighted by Crippen LogP contribution is 2.35. The van der Waals surface area contributed by atoms with Gasteiger partial charge in [-0.3, -0.25) is 29.0 Å². The number of nitrogens with one attached hydrogen (secondary N) is 4. The molecule has 214 valence electrons. The van der Waals surface area contributed by atoms with E-state index in [0.717, 1.165) is 0 Å². The number of aliphatic hydroxyl groups excluding tert-OH is 1. The maximum atomic E-state index is 13.2. The Bertz CT molecular complexity index is 1040. The summed E-state index contributed by atoms with van der Waals surface area (Å²) in [5.41, 5.74) is -0.519. The van der Waals surface area contributed by atoms with Crippen LogP contribution < -0.4 is 21.3 Å². The third-order valence-corrected chi connectivity index (χ3v) is 6.47. The van der Waals surface area contributed by atoms with Crippen molar-refractivity contribution in [3.8, 4) is 0 Å². The van der Waals surface area contributed by atoms with Gasteiger partial charge in [-0.1, -0.05) is 18.2 Å². The molecule has 12 nitrogen and oxygen atoms in total. The zero-order chi connectivity index (χ0) is 28.8. The van der Waals surface area contributed by atoms with Gasteiger partial charge in [-0.25, -0.2) is 0 Å². The lowest BCUT2D eigenvalue weighted by Crippen LogP contribution is -2.58. The summed E-state index contributed by atoms with van der Waals surface area (Å²) in [6, 6.07) is 1.23. The van der Waals surface area contributed by atoms with Crippen molar-refractivity contribution < 1.29 is 33.8 Å². The average molecular weight is 582 g/mol. The fourth-order valence-corrected chi connectivity index (χ4v) is 3.93. The van der Waals surface area contributed by atoms with Gasteiger partial charge in [0.15, 0.2) is 0 Å². The maximum absolute atomic E-state index is 13.2. The fourth-order valence-electron chi connectivity index (χ4n) is 3.52. The zero-order valence-corrected chi connectivity index (χ0v) is 23.4. The number of thiol groups is 2. The first kappa shape index (κ1) is 32.1. The van der Waals surface area contributed by atoms with Crippen LogP contribution in [0.5, 0.6) is 0 Å². The second-order valence-corrected chi connectivity index (χ2v) is 9.78. The predicted octanol–water partition coefficient (Wildman–Crippen LogP) is -0.911. The first-order chi connectivity index (χ1) is 18.6. The Morgan fingerprint density at radius 2 is 1.90 bits per heavy atom. The van der Waals surface area contributed by atoms with Crippen LogP contribution in [-0.4, -0.2) is 88.6 Å². The molecule has 1 aliphatic rings. The summed E-state index contributed by atoms with van der Waals surface area (Å²) < 4.78 is 4.50. The van der Waals surface area contributed by atoms with E-state index < -0.39 is 53.3 Å². The number of hydrogen-bond acceptors (Lipinski definition) is 10. The molecule has 1 heterocycles. The van der Waals surface area contributed by atoms with Gasteiger partial charge in [-0.05, 0) is 36.6 Å². The third-order valence-electron chi connectivity index (χ3n) is 5.85. The number of aromatic nitrogens is 1. The number of pyridine rings is 1. The molecule has 0 aromatic carbocycles. The molecule has 5 N–H and O–H groups in total. The number of nitrogens with zero attached hydrogens (tertiary/aromatic N) is 1. The molecule has 0 aliphatic heterocycles. The number of rotatable bonds is 16. The number of esters is 1. The Hall–Kier alpha value is -3.10. The van der Waals surface area contributed by atoms with Crippen LogP contribution in [0.4, 0.5) is 0 Å². The van der Waals surface area contributed by atoms with Crippen molar-refractivity contribution in [3.05, 3.63) is 42.2 Å². The van der Waals surface area contributed by atoms with Gasteiger partial charge in [0.2, 0.25) is 23.6 Å². The van der Waals surface area contributed by atoms with Crippen molar-refractivity contribution in [2.24, 2.45) is 0 Å². The molecule has 1 saturated carbocycles. The Morgan fingerprint density at radius 3 is 2.49 bits per heavy atom. The van der Waals surface area contributed by atoms with Gasteiger partial charge in [-0.15, -0.1) is 0 Å². The molecule has 0 saturated heterocycles. The SMILES string of the molecule is COC(=O)CNC(=O)C1(NC(=O)[C@@H](CS)NC(=O)[C@@H](Cc2cccnc2)NC(=O)C[C@H](O)/C=C/CCS)CC1. The monoisotopic (exact) mass is 581 g/mol. The number of aliphatic hydroxyl groups is 1. The molecular formula is C25H35N5O7S2. The number of ether oxygens (including phenoxy) is 1. The van der Waals surface area contributed by atoms with Crippen molar-refractivity contribution in [1.29, 1.82) is 0 Å². The van der Waals surface area contributed by atoms with Crippen molar-refractivity contribution in [2.45, 2.75) is 55.8 Å². The molecule has 1 aliphatic carbocycles. The number of amides is 4. The molecule has 39 heavy (non-hydrogen) atoms. The Labute approximate surface area is 237 Å². The Morgan fingerprint density at radius 1 is 1.15 bits per heavy atom. The first-order valence-corrected chi connectivity index (χ1v) is 13.6. The minimum atomic E-state index is -1.18. The van der Waals surface area contributed by atoms with Crippen molar-refractivity contribution in [2.75, 3.05) is 25.2 Å². The van der Waals surface area contributed by atoms with Crippen LogP contribution >= 0.6 is 25.3 Å². The second-order valence-electron chi connectivity index (χ2n) is 8.97. The van der Waals surface area contributed by atoms with Gasteiger partial charge in [0, 0.05) is 24.6 Å². The van der Waals surface area contributed by atoms with E-state index in [2.05, 4.69) is 56.2 Å². The van der Waals surface area contributed by atoms with E-state index in [-0.39, 0.29) is 25.1 Å². The smallest absolute Gasteiger partial charge is 0.325 e. The molecule has 0 unspecified atom stereocenters. The summed E-state index contributed by atoms with van der Waals surface area (Å²) in [7, 11) is 1.19. The zero-order valence-electron chi connectivity index (χ0n) is 21.6. The standard InChI is InChI=1S/C25H35N5O7S2/c1-37-21(33)14-27-24(36)25(7-8-25)30-23(35)19(15-39)29-22(34)18(11-16-5-4-9-26-13-16)28-20(32)12-17(31)6-2-3-10-38/h2,4-6,9,13,17-19,31,38-39H,3,7-8,10-12,14-15H2,1H3,(H,27,36)(H,28,32)(H,29,34)(H,30,35)/b6-2+/t17-,18-,19-/m1/s1. The number of hydrogen-bond donors (Lipinski definition) is 7. The lowest BCUT2D eigenvalue weighted by molar-refractivity contribution is -0.141. The van der Waals surface area contributed by atoms with E-state index in [1.807, 2.05) is 0 Å². The average Bonchev–Trinajstić information content (AvgIpc) is 3.70. The molecule has 2 rings (SSSR count). The molecular weight excluding hydrogens is 546 g/mol. The summed E-state index contributed by atoms with van der Waals surface area (Å²) in [5.74, 6) is -2.50. The van der Waals surface area contributed by atoms with E-state index in [1.165, 1.54) is 13.2 Å². The topological polar surface area (TPSA) is 176 Å². The van der Waals surface area contributed by atoms with E-state index in [9.17, 15) is 29.1 Å². The van der Waals surface area contributed by atoms with Crippen molar-refractivity contribution in [3.63, 3.8) is 0 Å². The lowest BCUT2D eigenvalue weighted by Gasteiger charge is -2.24. The van der Waals surface area contributed by atoms with Gasteiger partial charge >= 0.3 is 5.97 Å². The summed E-state index contributed by atoms with van der Waals surface area (Å²) >= 11 is 8.26. The van der Waals surface area contributed by atoms with Crippen LogP contribution in [0.3, 0.4) is 0 Å². The van der Waals surface area contributed by atoms with Crippen LogP contribution in [-0.2, 0) is 35.1 Å². The first-order valence-electron chi connectivity index (χ1n) is 12.4. The summed E-state index contributed by atoms with van der Waals surface area (Å²) in [5, 5.41) is 20.3. The van der Waals surface area contributed by atoms with Gasteiger partial charge in [0.25, 0.3) is 0 Å². The molecule has 0 spiro atoms. The lowest BCUT2D eigenvalue weighted by atomic mass is 10.1. The van der Waals surface area contributed by atoms with Crippen molar-refractivity contribution >= 4 is 54.9 Å². The highest BCUT2D eigenvalue weighted by Gasteiger charge is 2.51. The summed E-state index contributed by atoms with van der Waals surface area (Å²) in [4.78, 5) is 66.6. The van der Waals surface area contributed by atoms with E-state index >= 15 is 0 Å². The summed E-state index contributed by atoms with van der Waals surface area (Å²) in [6.45, 7) is -0.338. The molecule has 3 atom stereocenters. The summed E-state index contributed by atoms with van der Waals surface area (Å²) in [6.07, 6.45) is 6.46. The highest BCUT2D eigenvalue weighted by atomic mass is 32.1. The fraction of sp³-hybridized carbons (Fsp3) is 0.520. The molecule has 4 amide bonds. The normalized spacial score (nSPS) is 15.9. The van der Waals surface area contributed by atoms with Crippen LogP contribution in [0.2, 0.25) is 0 Å². The molecule has 14 heteroatoms. The molecule has 0 radical (unpaired) electrons. The minimum absolute atomic E-state index is 0.0811. The predicted molar refractivity (Wildman–Crippen MR) is 149 cm³/mol. The van der Waals surface area contributed by atoms with E-state index in [0.29, 0.717) is 30.6 Å². The largest absolute Gasteiger partial charge is 0.468 e. The quantitative estimate of drug-likeness (QED) is 0.0746. The minimum Gasteiger partial charge on any atom is -0.468 e. The Balaban J connectivity index is 2.05. The number of carbonyl (C=O) groups is 5. The van der Waals surface area contributed by atoms with Crippen molar-refractivity contribution in [1.82, 2.24) is 26.3 Å². The van der Waals surface area contributed by atoms with Gasteiger partial charge in [0.1, 0.15) is 24.2 Å². The molecule has 1 aromatic heterocycles. The van der Waals surface area contributed by atoms with E-state index in [4.69, 9.17) is 0 Å². The van der Waals surface area contributed by atoms with E-state index in [1.54, 1.807) is 30.6 Å². The van der Waals surface area contributed by atoms with Crippen LogP contribution in [0.25, 0.3) is 0 Å². The van der Waals surface area contributed by atoms with Crippen LogP contribution in [0.15, 0.2) is 36.7 Å². The highest BCUT2D eigenvalue weighted by molar-refractivity contribution is 7.80. The molecule has 0 bridgehead atoms. The van der Waals surface area contributed by atoms with Crippen LogP contribution in [0, 0.1) is 0 Å². The number of carbonyl (C=O) groups excluding carboxylic acids is 5. The number of methoxy groups -OCH3 is 1. The molecule has 1 aromatic rings. The maximum Gasteiger partial charge on any atom is 0.325 e. The Kier molecular flexibility index (Phi) is 13.3. The second kappa shape index (κ2) is 16.1. The third kappa shape index (κ3) is 10.9. The number of allylic oxidation sites excluding steroid dienone is 1. The van der Waals surface area contributed by atoms with Crippen LogP contribution in [0.1, 0.15) is 31.2 Å². The molecule has 1 fully saturated rings. The van der Waals surface area contributed by atoms with Gasteiger partial charge in [0.05, 0.1) is 19.6 Å². The van der Waals surface area contributed by atoms with Gasteiger partial charge in [-0.2, -0.15) is 25.3 Å². The van der Waals surface area contributed by atoms with Gasteiger partial charge < -0.3 is 31.1 Å².